The van der Waals surface area contributed by atoms with Crippen LogP contribution in [-0.2, 0) is 6.18 Å². The molecule has 0 bridgehead atoms. The van der Waals surface area contributed by atoms with Crippen molar-refractivity contribution >= 4 is 11.5 Å². The molecule has 0 spiro atoms. The van der Waals surface area contributed by atoms with Crippen LogP contribution in [-0.4, -0.2) is 15.7 Å². The topological polar surface area (TPSA) is 73.1 Å². The van der Waals surface area contributed by atoms with E-state index < -0.39 is 33.7 Å². The highest BCUT2D eigenvalue weighted by molar-refractivity contribution is 6.10. The summed E-state index contributed by atoms with van der Waals surface area (Å²) in [7, 11) is 0. The van der Waals surface area contributed by atoms with Crippen LogP contribution < -0.4 is 0 Å². The Hall–Kier alpha value is -2.77. The van der Waals surface area contributed by atoms with Gasteiger partial charge in [0.05, 0.1) is 4.92 Å². The first-order valence-electron chi connectivity index (χ1n) is 5.62. The normalized spacial score (nSPS) is 11.2. The first kappa shape index (κ1) is 14.6. The van der Waals surface area contributed by atoms with Gasteiger partial charge in [0.1, 0.15) is 16.8 Å². The number of aromatic nitrogens is 1. The molecule has 0 aliphatic carbocycles. The van der Waals surface area contributed by atoms with Gasteiger partial charge < -0.3 is 0 Å². The molecule has 0 N–H and O–H groups in total. The Morgan fingerprint density at radius 1 is 1.14 bits per heavy atom. The molecule has 0 fully saturated rings. The van der Waals surface area contributed by atoms with Crippen LogP contribution in [0.4, 0.5) is 18.9 Å². The predicted octanol–water partition coefficient (Wildman–Crippen LogP) is 3.24. The van der Waals surface area contributed by atoms with Gasteiger partial charge in [-0.1, -0.05) is 12.1 Å². The van der Waals surface area contributed by atoms with E-state index in [1.165, 1.54) is 24.4 Å². The molecule has 21 heavy (non-hydrogen) atoms. The van der Waals surface area contributed by atoms with Crippen molar-refractivity contribution in [2.24, 2.45) is 0 Å². The van der Waals surface area contributed by atoms with Crippen molar-refractivity contribution in [3.05, 3.63) is 69.5 Å². The minimum atomic E-state index is -4.93. The molecule has 0 saturated heterocycles. The molecule has 0 atom stereocenters. The molecule has 8 heteroatoms. The lowest BCUT2D eigenvalue weighted by atomic mass is 10.0. The highest BCUT2D eigenvalue weighted by atomic mass is 19.4. The molecule has 1 heterocycles. The van der Waals surface area contributed by atoms with Gasteiger partial charge in [-0.2, -0.15) is 13.2 Å². The van der Waals surface area contributed by atoms with Crippen LogP contribution in [0.5, 0.6) is 0 Å². The van der Waals surface area contributed by atoms with Crippen molar-refractivity contribution in [1.29, 1.82) is 0 Å². The van der Waals surface area contributed by atoms with Crippen LogP contribution in [0.15, 0.2) is 42.6 Å². The standard InChI is InChI=1S/C13H7F3N2O3/c14-13(15,16)9-5-3-4-8(11(9)18(20)21)12(19)10-6-1-2-7-17-10/h1-7H. The van der Waals surface area contributed by atoms with E-state index >= 15 is 0 Å². The third kappa shape index (κ3) is 2.88. The highest BCUT2D eigenvalue weighted by Gasteiger charge is 2.40. The third-order valence-corrected chi connectivity index (χ3v) is 2.67. The molecular weight excluding hydrogens is 289 g/mol. The summed E-state index contributed by atoms with van der Waals surface area (Å²) >= 11 is 0. The summed E-state index contributed by atoms with van der Waals surface area (Å²) in [6.45, 7) is 0. The minimum Gasteiger partial charge on any atom is -0.287 e. The van der Waals surface area contributed by atoms with Crippen molar-refractivity contribution in [3.8, 4) is 0 Å². The summed E-state index contributed by atoms with van der Waals surface area (Å²) in [6.07, 6.45) is -3.66. The smallest absolute Gasteiger partial charge is 0.287 e. The molecule has 5 nitrogen and oxygen atoms in total. The highest BCUT2D eigenvalue weighted by Crippen LogP contribution is 2.38. The molecule has 0 aliphatic heterocycles. The Balaban J connectivity index is 2.65. The van der Waals surface area contributed by atoms with Gasteiger partial charge in [0, 0.05) is 6.20 Å². The van der Waals surface area contributed by atoms with Crippen LogP contribution in [0.2, 0.25) is 0 Å². The molecule has 2 aromatic rings. The van der Waals surface area contributed by atoms with E-state index in [9.17, 15) is 28.1 Å². The number of benzene rings is 1. The number of para-hydroxylation sites is 1. The lowest BCUT2D eigenvalue weighted by Gasteiger charge is -2.09. The van der Waals surface area contributed by atoms with Crippen LogP contribution in [0.25, 0.3) is 0 Å². The van der Waals surface area contributed by atoms with Crippen LogP contribution >= 0.6 is 0 Å². The van der Waals surface area contributed by atoms with E-state index in [0.717, 1.165) is 12.1 Å². The second kappa shape index (κ2) is 5.31. The number of nitro benzene ring substituents is 1. The molecule has 0 amide bonds. The maximum atomic E-state index is 12.8. The Labute approximate surface area is 116 Å². The number of alkyl halides is 3. The zero-order valence-electron chi connectivity index (χ0n) is 10.3. The minimum absolute atomic E-state index is 0.167. The average Bonchev–Trinajstić information content (AvgIpc) is 2.45. The number of carbonyl (C=O) groups excluding carboxylic acids is 1. The molecule has 108 valence electrons. The maximum Gasteiger partial charge on any atom is 0.423 e. The summed E-state index contributed by atoms with van der Waals surface area (Å²) in [6, 6.07) is 6.73. The first-order valence-corrected chi connectivity index (χ1v) is 5.62. The fourth-order valence-electron chi connectivity index (χ4n) is 1.79. The Morgan fingerprint density at radius 2 is 1.86 bits per heavy atom. The number of nitrogens with zero attached hydrogens (tertiary/aromatic N) is 2. The van der Waals surface area contributed by atoms with Gasteiger partial charge in [-0.15, -0.1) is 0 Å². The van der Waals surface area contributed by atoms with Gasteiger partial charge in [-0.3, -0.25) is 19.9 Å². The SMILES string of the molecule is O=C(c1ccccn1)c1cccc(C(F)(F)F)c1[N+](=O)[O-]. The quantitative estimate of drug-likeness (QED) is 0.495. The summed E-state index contributed by atoms with van der Waals surface area (Å²) in [4.78, 5) is 25.6. The van der Waals surface area contributed by atoms with Crippen molar-refractivity contribution in [1.82, 2.24) is 4.98 Å². The lowest BCUT2D eigenvalue weighted by molar-refractivity contribution is -0.388. The summed E-state index contributed by atoms with van der Waals surface area (Å²) in [5, 5.41) is 11.0. The molecule has 2 rings (SSSR count). The van der Waals surface area contributed by atoms with Crippen LogP contribution in [0, 0.1) is 10.1 Å². The van der Waals surface area contributed by atoms with Gasteiger partial charge in [0.2, 0.25) is 5.78 Å². The van der Waals surface area contributed by atoms with E-state index in [1.807, 2.05) is 0 Å². The third-order valence-electron chi connectivity index (χ3n) is 2.67. The monoisotopic (exact) mass is 296 g/mol. The van der Waals surface area contributed by atoms with Crippen LogP contribution in [0.3, 0.4) is 0 Å². The molecule has 1 aromatic heterocycles. The second-order valence-corrected chi connectivity index (χ2v) is 4.00. The zero-order chi connectivity index (χ0) is 15.6. The summed E-state index contributed by atoms with van der Waals surface area (Å²) in [5.74, 6) is -0.937. The second-order valence-electron chi connectivity index (χ2n) is 4.00. The van der Waals surface area contributed by atoms with Gasteiger partial charge in [-0.05, 0) is 24.3 Å². The number of hydrogen-bond donors (Lipinski definition) is 0. The van der Waals surface area contributed by atoms with Gasteiger partial charge >= 0.3 is 6.18 Å². The number of halogens is 3. The predicted molar refractivity (Wildman–Crippen MR) is 65.8 cm³/mol. The molecule has 0 aliphatic rings. The Kier molecular flexibility index (Phi) is 3.70. The fraction of sp³-hybridized carbons (Fsp3) is 0.0769. The van der Waals surface area contributed by atoms with Gasteiger partial charge in [0.15, 0.2) is 0 Å². The van der Waals surface area contributed by atoms with E-state index in [-0.39, 0.29) is 5.69 Å². The number of hydrogen-bond acceptors (Lipinski definition) is 4. The molecule has 0 saturated carbocycles. The van der Waals surface area contributed by atoms with E-state index in [2.05, 4.69) is 4.98 Å². The molecule has 1 aromatic carbocycles. The number of nitro groups is 1. The average molecular weight is 296 g/mol. The van der Waals surface area contributed by atoms with Crippen molar-refractivity contribution < 1.29 is 22.9 Å². The summed E-state index contributed by atoms with van der Waals surface area (Å²) < 4.78 is 38.5. The van der Waals surface area contributed by atoms with E-state index in [4.69, 9.17) is 0 Å². The van der Waals surface area contributed by atoms with Crippen molar-refractivity contribution in [2.75, 3.05) is 0 Å². The first-order chi connectivity index (χ1) is 9.82. The number of pyridine rings is 1. The molecule has 0 unspecified atom stereocenters. The van der Waals surface area contributed by atoms with E-state index in [0.29, 0.717) is 6.07 Å². The fourth-order valence-corrected chi connectivity index (χ4v) is 1.79. The Bertz CT molecular complexity index is 700. The zero-order valence-corrected chi connectivity index (χ0v) is 10.3. The van der Waals surface area contributed by atoms with Gasteiger partial charge in [-0.25, -0.2) is 0 Å². The van der Waals surface area contributed by atoms with Crippen molar-refractivity contribution in [3.63, 3.8) is 0 Å². The molecular formula is C13H7F3N2O3. The van der Waals surface area contributed by atoms with Crippen LogP contribution in [0.1, 0.15) is 21.6 Å². The maximum absolute atomic E-state index is 12.8. The Morgan fingerprint density at radius 3 is 2.38 bits per heavy atom. The number of carbonyl (C=O) groups is 1. The number of rotatable bonds is 3. The number of ketones is 1. The van der Waals surface area contributed by atoms with E-state index in [1.54, 1.807) is 0 Å². The van der Waals surface area contributed by atoms with Crippen molar-refractivity contribution in [2.45, 2.75) is 6.18 Å². The lowest BCUT2D eigenvalue weighted by Crippen LogP contribution is -2.14. The largest absolute Gasteiger partial charge is 0.423 e. The molecule has 0 radical (unpaired) electrons. The summed E-state index contributed by atoms with van der Waals surface area (Å²) in [5.41, 5.74) is -3.54. The van der Waals surface area contributed by atoms with Gasteiger partial charge in [0.25, 0.3) is 5.69 Å².